The molecule has 3 N–H and O–H groups in total. The maximum absolute atomic E-state index is 11.0. The van der Waals surface area contributed by atoms with Crippen LogP contribution in [0.3, 0.4) is 0 Å². The molecule has 18 heavy (non-hydrogen) atoms. The largest absolute Gasteiger partial charge is 0.372 e. The molecule has 4 heteroatoms. The molecule has 1 heterocycles. The van der Waals surface area contributed by atoms with E-state index >= 15 is 0 Å². The molecule has 1 saturated heterocycles. The number of anilines is 1. The molecule has 0 aromatic heterocycles. The molecular formula is C14H21N3O. The minimum atomic E-state index is -0.372. The highest BCUT2D eigenvalue weighted by Gasteiger charge is 2.17. The number of carbonyl (C=O) groups is 1. The van der Waals surface area contributed by atoms with E-state index in [1.165, 1.54) is 12.8 Å². The number of nitrogens with zero attached hydrogens (tertiary/aromatic N) is 1. The van der Waals surface area contributed by atoms with Gasteiger partial charge in [0.15, 0.2) is 0 Å². The molecule has 1 amide bonds. The third kappa shape index (κ3) is 3.01. The van der Waals surface area contributed by atoms with E-state index in [4.69, 9.17) is 5.73 Å². The number of nitrogens with one attached hydrogen (secondary N) is 1. The van der Waals surface area contributed by atoms with Crippen molar-refractivity contribution in [1.29, 1.82) is 0 Å². The molecule has 1 aliphatic heterocycles. The molecule has 0 bridgehead atoms. The van der Waals surface area contributed by atoms with Crippen LogP contribution in [0.2, 0.25) is 0 Å². The normalized spacial score (nSPS) is 20.2. The number of rotatable bonds is 3. The fraction of sp³-hybridized carbons (Fsp3) is 0.500. The summed E-state index contributed by atoms with van der Waals surface area (Å²) in [7, 11) is 2.12. The SMILES string of the molecule is CN(c1ccc(C(N)=O)cc1)C1CCCNCC1. The smallest absolute Gasteiger partial charge is 0.248 e. The third-order valence-electron chi connectivity index (χ3n) is 3.65. The van der Waals surface area contributed by atoms with Gasteiger partial charge in [0, 0.05) is 24.3 Å². The molecule has 1 fully saturated rings. The molecule has 1 aliphatic rings. The maximum atomic E-state index is 11.0. The van der Waals surface area contributed by atoms with Gasteiger partial charge in [0.1, 0.15) is 0 Å². The van der Waals surface area contributed by atoms with Crippen molar-refractivity contribution < 1.29 is 4.79 Å². The van der Waals surface area contributed by atoms with Gasteiger partial charge < -0.3 is 16.0 Å². The molecule has 2 rings (SSSR count). The monoisotopic (exact) mass is 247 g/mol. The van der Waals surface area contributed by atoms with Crippen LogP contribution in [0.25, 0.3) is 0 Å². The summed E-state index contributed by atoms with van der Waals surface area (Å²) in [5, 5.41) is 3.42. The average molecular weight is 247 g/mol. The van der Waals surface area contributed by atoms with E-state index in [1.807, 2.05) is 12.1 Å². The second-order valence-corrected chi connectivity index (χ2v) is 4.86. The van der Waals surface area contributed by atoms with Gasteiger partial charge in [0.25, 0.3) is 0 Å². The first-order valence-electron chi connectivity index (χ1n) is 6.52. The van der Waals surface area contributed by atoms with Gasteiger partial charge in [-0.2, -0.15) is 0 Å². The predicted octanol–water partition coefficient (Wildman–Crippen LogP) is 1.36. The lowest BCUT2D eigenvalue weighted by Gasteiger charge is -2.29. The lowest BCUT2D eigenvalue weighted by molar-refractivity contribution is 0.100. The number of benzene rings is 1. The van der Waals surface area contributed by atoms with Gasteiger partial charge in [0.05, 0.1) is 0 Å². The molecule has 98 valence electrons. The van der Waals surface area contributed by atoms with Crippen LogP contribution in [-0.4, -0.2) is 32.1 Å². The zero-order valence-corrected chi connectivity index (χ0v) is 10.9. The third-order valence-corrected chi connectivity index (χ3v) is 3.65. The molecule has 0 saturated carbocycles. The van der Waals surface area contributed by atoms with Crippen LogP contribution < -0.4 is 16.0 Å². The van der Waals surface area contributed by atoms with Crippen LogP contribution in [0.4, 0.5) is 5.69 Å². The molecule has 1 aromatic rings. The Morgan fingerprint density at radius 3 is 2.67 bits per heavy atom. The Bertz CT molecular complexity index is 394. The zero-order chi connectivity index (χ0) is 13.0. The molecule has 0 spiro atoms. The molecular weight excluding hydrogens is 226 g/mol. The van der Waals surface area contributed by atoms with Crippen molar-refractivity contribution in [2.24, 2.45) is 5.73 Å². The Kier molecular flexibility index (Phi) is 4.20. The first-order valence-corrected chi connectivity index (χ1v) is 6.52. The second kappa shape index (κ2) is 5.87. The number of carbonyl (C=O) groups excluding carboxylic acids is 1. The molecule has 1 aromatic carbocycles. The van der Waals surface area contributed by atoms with Crippen LogP contribution in [0, 0.1) is 0 Å². The van der Waals surface area contributed by atoms with Crippen molar-refractivity contribution in [2.45, 2.75) is 25.3 Å². The van der Waals surface area contributed by atoms with Crippen molar-refractivity contribution in [2.75, 3.05) is 25.0 Å². The summed E-state index contributed by atoms with van der Waals surface area (Å²) in [6, 6.07) is 8.10. The van der Waals surface area contributed by atoms with Crippen LogP contribution in [0.1, 0.15) is 29.6 Å². The molecule has 4 nitrogen and oxygen atoms in total. The van der Waals surface area contributed by atoms with Crippen molar-refractivity contribution in [3.63, 3.8) is 0 Å². The van der Waals surface area contributed by atoms with Gasteiger partial charge in [-0.3, -0.25) is 4.79 Å². The van der Waals surface area contributed by atoms with Crippen molar-refractivity contribution in [3.8, 4) is 0 Å². The summed E-state index contributed by atoms with van der Waals surface area (Å²) >= 11 is 0. The molecule has 1 unspecified atom stereocenters. The Morgan fingerprint density at radius 1 is 1.28 bits per heavy atom. The van der Waals surface area contributed by atoms with Gasteiger partial charge in [-0.1, -0.05) is 0 Å². The number of hydrogen-bond donors (Lipinski definition) is 2. The van der Waals surface area contributed by atoms with Crippen LogP contribution in [0.15, 0.2) is 24.3 Å². The van der Waals surface area contributed by atoms with Crippen molar-refractivity contribution in [1.82, 2.24) is 5.32 Å². The summed E-state index contributed by atoms with van der Waals surface area (Å²) < 4.78 is 0. The minimum absolute atomic E-state index is 0.372. The van der Waals surface area contributed by atoms with Crippen molar-refractivity contribution in [3.05, 3.63) is 29.8 Å². The summed E-state index contributed by atoms with van der Waals surface area (Å²) in [5.74, 6) is -0.372. The topological polar surface area (TPSA) is 58.4 Å². The van der Waals surface area contributed by atoms with E-state index in [0.717, 1.165) is 25.2 Å². The average Bonchev–Trinajstić information content (AvgIpc) is 2.67. The first kappa shape index (κ1) is 12.9. The lowest BCUT2D eigenvalue weighted by atomic mass is 10.1. The van der Waals surface area contributed by atoms with Crippen LogP contribution in [0.5, 0.6) is 0 Å². The standard InChI is InChI=1S/C14H21N3O/c1-17(12-3-2-9-16-10-8-12)13-6-4-11(5-7-13)14(15)18/h4-7,12,16H,2-3,8-10H2,1H3,(H2,15,18). The quantitative estimate of drug-likeness (QED) is 0.848. The Balaban J connectivity index is 2.07. The van der Waals surface area contributed by atoms with Gasteiger partial charge >= 0.3 is 0 Å². The number of hydrogen-bond acceptors (Lipinski definition) is 3. The fourth-order valence-corrected chi connectivity index (χ4v) is 2.46. The Morgan fingerprint density at radius 2 is 2.00 bits per heavy atom. The minimum Gasteiger partial charge on any atom is -0.372 e. The molecule has 0 radical (unpaired) electrons. The highest BCUT2D eigenvalue weighted by molar-refractivity contribution is 5.93. The molecule has 1 atom stereocenters. The fourth-order valence-electron chi connectivity index (χ4n) is 2.46. The summed E-state index contributed by atoms with van der Waals surface area (Å²) in [5.41, 5.74) is 6.95. The number of nitrogens with two attached hydrogens (primary N) is 1. The summed E-state index contributed by atoms with van der Waals surface area (Å²) in [6.45, 7) is 2.19. The number of amides is 1. The Hall–Kier alpha value is -1.55. The number of primary amides is 1. The van der Waals surface area contributed by atoms with E-state index in [1.54, 1.807) is 12.1 Å². The van der Waals surface area contributed by atoms with E-state index in [2.05, 4.69) is 17.3 Å². The van der Waals surface area contributed by atoms with Gasteiger partial charge in [-0.05, 0) is 56.6 Å². The highest BCUT2D eigenvalue weighted by atomic mass is 16.1. The molecule has 0 aliphatic carbocycles. The van der Waals surface area contributed by atoms with E-state index in [-0.39, 0.29) is 5.91 Å². The summed E-state index contributed by atoms with van der Waals surface area (Å²) in [6.07, 6.45) is 3.59. The van der Waals surface area contributed by atoms with E-state index in [0.29, 0.717) is 11.6 Å². The van der Waals surface area contributed by atoms with E-state index < -0.39 is 0 Å². The second-order valence-electron chi connectivity index (χ2n) is 4.86. The van der Waals surface area contributed by atoms with Crippen LogP contribution >= 0.6 is 0 Å². The lowest BCUT2D eigenvalue weighted by Crippen LogP contribution is -2.32. The van der Waals surface area contributed by atoms with Crippen molar-refractivity contribution >= 4 is 11.6 Å². The highest BCUT2D eigenvalue weighted by Crippen LogP contribution is 2.21. The Labute approximate surface area is 108 Å². The van der Waals surface area contributed by atoms with Gasteiger partial charge in [0.2, 0.25) is 5.91 Å². The predicted molar refractivity (Wildman–Crippen MR) is 73.9 cm³/mol. The van der Waals surface area contributed by atoms with Gasteiger partial charge in [-0.25, -0.2) is 0 Å². The van der Waals surface area contributed by atoms with Gasteiger partial charge in [-0.15, -0.1) is 0 Å². The first-order chi connectivity index (χ1) is 8.68. The summed E-state index contributed by atoms with van der Waals surface area (Å²) in [4.78, 5) is 13.3. The van der Waals surface area contributed by atoms with E-state index in [9.17, 15) is 4.79 Å². The maximum Gasteiger partial charge on any atom is 0.248 e. The zero-order valence-electron chi connectivity index (χ0n) is 10.9. The van der Waals surface area contributed by atoms with Crippen LogP contribution in [-0.2, 0) is 0 Å².